The van der Waals surface area contributed by atoms with Gasteiger partial charge in [-0.1, -0.05) is 6.42 Å². The Hall–Kier alpha value is -0.900. The predicted molar refractivity (Wildman–Crippen MR) is 52.9 cm³/mol. The van der Waals surface area contributed by atoms with Crippen molar-refractivity contribution in [3.63, 3.8) is 0 Å². The van der Waals surface area contributed by atoms with Crippen molar-refractivity contribution in [2.75, 3.05) is 0 Å². The van der Waals surface area contributed by atoms with Crippen LogP contribution in [0.15, 0.2) is 4.42 Å². The van der Waals surface area contributed by atoms with Crippen LogP contribution in [0.4, 0.5) is 0 Å². The second kappa shape index (κ2) is 3.35. The fourth-order valence-electron chi connectivity index (χ4n) is 1.55. The smallest absolute Gasteiger partial charge is 0.219 e. The molecule has 2 rings (SSSR count). The Labute approximate surface area is 83.9 Å². The molecule has 1 aliphatic carbocycles. The third-order valence-corrected chi connectivity index (χ3v) is 2.54. The van der Waals surface area contributed by atoms with Crippen LogP contribution in [0.25, 0.3) is 0 Å². The summed E-state index contributed by atoms with van der Waals surface area (Å²) in [6.45, 7) is 3.92. The van der Waals surface area contributed by atoms with Gasteiger partial charge in [-0.15, -0.1) is 10.2 Å². The van der Waals surface area contributed by atoms with E-state index in [1.54, 1.807) is 0 Å². The van der Waals surface area contributed by atoms with Gasteiger partial charge in [-0.2, -0.15) is 0 Å². The molecule has 0 atom stereocenters. The summed E-state index contributed by atoms with van der Waals surface area (Å²) in [7, 11) is 0. The van der Waals surface area contributed by atoms with Gasteiger partial charge >= 0.3 is 0 Å². The lowest BCUT2D eigenvalue weighted by atomic mass is 9.85. The Morgan fingerprint density at radius 2 is 2.14 bits per heavy atom. The molecule has 0 radical (unpaired) electrons. The van der Waals surface area contributed by atoms with Gasteiger partial charge in [-0.3, -0.25) is 0 Å². The van der Waals surface area contributed by atoms with E-state index in [9.17, 15) is 0 Å². The molecule has 78 valence electrons. The number of hydrogen-bond acceptors (Lipinski definition) is 4. The van der Waals surface area contributed by atoms with Gasteiger partial charge in [0.1, 0.15) is 0 Å². The summed E-state index contributed by atoms with van der Waals surface area (Å²) in [6, 6.07) is 0. The maximum atomic E-state index is 5.87. The summed E-state index contributed by atoms with van der Waals surface area (Å²) in [4.78, 5) is 0. The highest BCUT2D eigenvalue weighted by molar-refractivity contribution is 4.97. The van der Waals surface area contributed by atoms with E-state index < -0.39 is 0 Å². The van der Waals surface area contributed by atoms with Gasteiger partial charge in [-0.05, 0) is 26.7 Å². The van der Waals surface area contributed by atoms with Crippen LogP contribution in [0, 0.1) is 0 Å². The zero-order chi connectivity index (χ0) is 10.2. The second-order valence-corrected chi connectivity index (χ2v) is 4.83. The molecule has 0 spiro atoms. The van der Waals surface area contributed by atoms with E-state index in [1.165, 1.54) is 19.3 Å². The number of rotatable bonds is 3. The molecule has 1 aromatic heterocycles. The number of nitrogens with two attached hydrogens (primary N) is 1. The van der Waals surface area contributed by atoms with Crippen LogP contribution in [0.5, 0.6) is 0 Å². The molecule has 1 heterocycles. The van der Waals surface area contributed by atoms with Crippen molar-refractivity contribution >= 4 is 0 Å². The monoisotopic (exact) mass is 195 g/mol. The molecule has 0 saturated heterocycles. The third kappa shape index (κ3) is 2.12. The minimum Gasteiger partial charge on any atom is -0.425 e. The van der Waals surface area contributed by atoms with Gasteiger partial charge in [0.2, 0.25) is 11.8 Å². The first-order valence-corrected chi connectivity index (χ1v) is 5.16. The van der Waals surface area contributed by atoms with Crippen LogP contribution in [0.2, 0.25) is 0 Å². The first-order valence-electron chi connectivity index (χ1n) is 5.16. The van der Waals surface area contributed by atoms with Gasteiger partial charge in [0.15, 0.2) is 0 Å². The molecule has 0 aliphatic heterocycles. The molecular formula is C10H17N3O. The van der Waals surface area contributed by atoms with Crippen LogP contribution in [-0.4, -0.2) is 15.7 Å². The largest absolute Gasteiger partial charge is 0.425 e. The van der Waals surface area contributed by atoms with Crippen LogP contribution < -0.4 is 5.73 Å². The van der Waals surface area contributed by atoms with Crippen molar-refractivity contribution in [1.29, 1.82) is 0 Å². The minimum absolute atomic E-state index is 0.274. The molecule has 0 unspecified atom stereocenters. The molecule has 1 aromatic rings. The summed E-state index contributed by atoms with van der Waals surface area (Å²) >= 11 is 0. The molecule has 0 bridgehead atoms. The zero-order valence-electron chi connectivity index (χ0n) is 8.79. The van der Waals surface area contributed by atoms with E-state index in [4.69, 9.17) is 10.2 Å². The van der Waals surface area contributed by atoms with Crippen molar-refractivity contribution in [2.45, 2.75) is 51.0 Å². The lowest BCUT2D eigenvalue weighted by Crippen LogP contribution is -2.34. The quantitative estimate of drug-likeness (QED) is 0.795. The standard InChI is InChI=1S/C10H17N3O/c1-10(2,11)6-8-12-13-9(14-8)7-4-3-5-7/h7H,3-6,11H2,1-2H3. The molecule has 1 fully saturated rings. The molecule has 1 saturated carbocycles. The number of hydrogen-bond donors (Lipinski definition) is 1. The van der Waals surface area contributed by atoms with Crippen molar-refractivity contribution in [2.24, 2.45) is 5.73 Å². The Morgan fingerprint density at radius 3 is 2.64 bits per heavy atom. The Morgan fingerprint density at radius 1 is 1.43 bits per heavy atom. The van der Waals surface area contributed by atoms with Crippen LogP contribution >= 0.6 is 0 Å². The predicted octanol–water partition coefficient (Wildman–Crippen LogP) is 1.62. The van der Waals surface area contributed by atoms with Crippen LogP contribution in [-0.2, 0) is 6.42 Å². The second-order valence-electron chi connectivity index (χ2n) is 4.83. The van der Waals surface area contributed by atoms with Gasteiger partial charge in [0.25, 0.3) is 0 Å². The van der Waals surface area contributed by atoms with Crippen LogP contribution in [0.1, 0.15) is 50.8 Å². The first kappa shape index (κ1) is 9.65. The number of aromatic nitrogens is 2. The molecule has 2 N–H and O–H groups in total. The maximum Gasteiger partial charge on any atom is 0.219 e. The minimum atomic E-state index is -0.274. The van der Waals surface area contributed by atoms with E-state index in [-0.39, 0.29) is 5.54 Å². The maximum absolute atomic E-state index is 5.87. The van der Waals surface area contributed by atoms with E-state index in [0.29, 0.717) is 18.2 Å². The highest BCUT2D eigenvalue weighted by atomic mass is 16.4. The third-order valence-electron chi connectivity index (χ3n) is 2.54. The molecule has 1 aliphatic rings. The lowest BCUT2D eigenvalue weighted by molar-refractivity contribution is 0.316. The Bertz CT molecular complexity index is 309. The molecule has 4 heteroatoms. The fourth-order valence-corrected chi connectivity index (χ4v) is 1.55. The van der Waals surface area contributed by atoms with Crippen molar-refractivity contribution in [1.82, 2.24) is 10.2 Å². The lowest BCUT2D eigenvalue weighted by Gasteiger charge is -2.21. The molecule has 14 heavy (non-hydrogen) atoms. The molecule has 4 nitrogen and oxygen atoms in total. The van der Waals surface area contributed by atoms with Crippen molar-refractivity contribution in [3.05, 3.63) is 11.8 Å². The average molecular weight is 195 g/mol. The molecule has 0 amide bonds. The van der Waals surface area contributed by atoms with Gasteiger partial charge in [-0.25, -0.2) is 0 Å². The fraction of sp³-hybridized carbons (Fsp3) is 0.800. The van der Waals surface area contributed by atoms with Crippen molar-refractivity contribution < 1.29 is 4.42 Å². The van der Waals surface area contributed by atoms with E-state index >= 15 is 0 Å². The van der Waals surface area contributed by atoms with Gasteiger partial charge < -0.3 is 10.2 Å². The topological polar surface area (TPSA) is 64.9 Å². The highest BCUT2D eigenvalue weighted by Crippen LogP contribution is 2.35. The summed E-state index contributed by atoms with van der Waals surface area (Å²) in [6.07, 6.45) is 4.30. The Balaban J connectivity index is 2.02. The van der Waals surface area contributed by atoms with E-state index in [2.05, 4.69) is 10.2 Å². The zero-order valence-corrected chi connectivity index (χ0v) is 8.79. The van der Waals surface area contributed by atoms with Crippen LogP contribution in [0.3, 0.4) is 0 Å². The highest BCUT2D eigenvalue weighted by Gasteiger charge is 2.26. The summed E-state index contributed by atoms with van der Waals surface area (Å²) in [5.74, 6) is 1.98. The normalized spacial score (nSPS) is 18.2. The SMILES string of the molecule is CC(C)(N)Cc1nnc(C2CCC2)o1. The first-order chi connectivity index (χ1) is 6.54. The molecular weight excluding hydrogens is 178 g/mol. The van der Waals surface area contributed by atoms with E-state index in [1.807, 2.05) is 13.8 Å². The molecule has 0 aromatic carbocycles. The number of nitrogens with zero attached hydrogens (tertiary/aromatic N) is 2. The Kier molecular flexibility index (Phi) is 2.31. The average Bonchev–Trinajstić information content (AvgIpc) is 2.28. The van der Waals surface area contributed by atoms with Gasteiger partial charge in [0, 0.05) is 17.9 Å². The van der Waals surface area contributed by atoms with E-state index in [0.717, 1.165) is 5.89 Å². The van der Waals surface area contributed by atoms with Crippen molar-refractivity contribution in [3.8, 4) is 0 Å². The van der Waals surface area contributed by atoms with Gasteiger partial charge in [0.05, 0.1) is 0 Å². The summed E-state index contributed by atoms with van der Waals surface area (Å²) in [5.41, 5.74) is 5.60. The summed E-state index contributed by atoms with van der Waals surface area (Å²) < 4.78 is 5.56. The summed E-state index contributed by atoms with van der Waals surface area (Å²) in [5, 5.41) is 8.06.